The van der Waals surface area contributed by atoms with Crippen LogP contribution in [0.1, 0.15) is 19.4 Å². The molecule has 0 aliphatic rings. The Morgan fingerprint density at radius 2 is 1.69 bits per heavy atom. The Labute approximate surface area is 210 Å². The van der Waals surface area contributed by atoms with E-state index in [1.54, 1.807) is 17.1 Å². The summed E-state index contributed by atoms with van der Waals surface area (Å²) < 4.78 is 3.92. The van der Waals surface area contributed by atoms with Gasteiger partial charge < -0.3 is 9.88 Å². The average Bonchev–Trinajstić information content (AvgIpc) is 3.53. The fourth-order valence-electron chi connectivity index (χ4n) is 4.33. The molecule has 0 fully saturated rings. The normalized spacial score (nSPS) is 10.9. The van der Waals surface area contributed by atoms with Crippen LogP contribution in [-0.2, 0) is 20.6 Å². The number of pyridine rings is 1. The van der Waals surface area contributed by atoms with Gasteiger partial charge in [0.25, 0.3) is 0 Å². The zero-order chi connectivity index (χ0) is 25.1. The lowest BCUT2D eigenvalue weighted by Gasteiger charge is -2.12. The third-order valence-corrected chi connectivity index (χ3v) is 6.09. The van der Waals surface area contributed by atoms with Crippen molar-refractivity contribution in [3.63, 3.8) is 0 Å². The van der Waals surface area contributed by atoms with E-state index >= 15 is 0 Å². The number of anilines is 1. The lowest BCUT2D eigenvalue weighted by atomic mass is 10.0. The van der Waals surface area contributed by atoms with Gasteiger partial charge in [-0.1, -0.05) is 26.0 Å². The van der Waals surface area contributed by atoms with Crippen LogP contribution in [0, 0.1) is 0 Å². The standard InChI is InChI=1S/C27H23N7.C2H6/c1-33-10-6-19-3-4-20(12-26(19)33)23-13-22(14-25-27(23)30-9-8-29-25)31-15-18-5-7-28-24(11-18)21-16-32-34(2)17-21;1-2/h3-14,16-17,31H,15H2,1-2H3;1-2H3. The Hall–Kier alpha value is -4.52. The van der Waals surface area contributed by atoms with Crippen molar-refractivity contribution in [3.8, 4) is 22.4 Å². The highest BCUT2D eigenvalue weighted by Crippen LogP contribution is 2.32. The molecule has 0 amide bonds. The number of nitrogens with one attached hydrogen (secondary N) is 1. The van der Waals surface area contributed by atoms with Gasteiger partial charge in [-0.25, -0.2) is 0 Å². The van der Waals surface area contributed by atoms with Gasteiger partial charge in [-0.05, 0) is 52.9 Å². The van der Waals surface area contributed by atoms with Gasteiger partial charge in [0.1, 0.15) is 0 Å². The summed E-state index contributed by atoms with van der Waals surface area (Å²) in [6.45, 7) is 4.66. The highest BCUT2D eigenvalue weighted by molar-refractivity contribution is 5.97. The minimum absolute atomic E-state index is 0.665. The topological polar surface area (TPSA) is 73.5 Å². The van der Waals surface area contributed by atoms with Crippen molar-refractivity contribution < 1.29 is 0 Å². The number of nitrogens with zero attached hydrogens (tertiary/aromatic N) is 6. The summed E-state index contributed by atoms with van der Waals surface area (Å²) in [4.78, 5) is 13.7. The van der Waals surface area contributed by atoms with E-state index in [9.17, 15) is 0 Å². The van der Waals surface area contributed by atoms with E-state index in [0.29, 0.717) is 6.54 Å². The second kappa shape index (κ2) is 10.00. The third-order valence-electron chi connectivity index (χ3n) is 6.09. The summed E-state index contributed by atoms with van der Waals surface area (Å²) in [5, 5.41) is 9.04. The van der Waals surface area contributed by atoms with Crippen LogP contribution in [0.25, 0.3) is 44.3 Å². The lowest BCUT2D eigenvalue weighted by molar-refractivity contribution is 0.768. The van der Waals surface area contributed by atoms with E-state index in [2.05, 4.69) is 85.6 Å². The zero-order valence-electron chi connectivity index (χ0n) is 21.0. The predicted octanol–water partition coefficient (Wildman–Crippen LogP) is 6.22. The maximum absolute atomic E-state index is 4.64. The molecule has 0 atom stereocenters. The van der Waals surface area contributed by atoms with Gasteiger partial charge in [0.2, 0.25) is 0 Å². The van der Waals surface area contributed by atoms with Crippen molar-refractivity contribution >= 4 is 27.6 Å². The van der Waals surface area contributed by atoms with Crippen molar-refractivity contribution in [1.82, 2.24) is 29.3 Å². The maximum Gasteiger partial charge on any atom is 0.0966 e. The molecule has 0 saturated carbocycles. The predicted molar refractivity (Wildman–Crippen MR) is 147 cm³/mol. The number of hydrogen-bond donors (Lipinski definition) is 1. The van der Waals surface area contributed by atoms with Crippen molar-refractivity contribution in [3.05, 3.63) is 91.3 Å². The Bertz CT molecular complexity index is 1640. The van der Waals surface area contributed by atoms with Gasteiger partial charge in [-0.3, -0.25) is 19.6 Å². The fraction of sp³-hybridized carbons (Fsp3) is 0.172. The van der Waals surface area contributed by atoms with Crippen LogP contribution >= 0.6 is 0 Å². The summed E-state index contributed by atoms with van der Waals surface area (Å²) in [5.41, 5.74) is 9.16. The Kier molecular flexibility index (Phi) is 6.45. The number of rotatable bonds is 5. The van der Waals surface area contributed by atoms with E-state index in [4.69, 9.17) is 0 Å². The van der Waals surface area contributed by atoms with Gasteiger partial charge in [0.05, 0.1) is 22.9 Å². The van der Waals surface area contributed by atoms with Crippen molar-refractivity contribution in [2.75, 3.05) is 5.32 Å². The van der Waals surface area contributed by atoms with Crippen LogP contribution in [0.4, 0.5) is 5.69 Å². The molecule has 36 heavy (non-hydrogen) atoms. The monoisotopic (exact) mass is 475 g/mol. The van der Waals surface area contributed by atoms with Crippen LogP contribution in [0.5, 0.6) is 0 Å². The zero-order valence-corrected chi connectivity index (χ0v) is 21.0. The average molecular weight is 476 g/mol. The first kappa shape index (κ1) is 23.2. The second-order valence-corrected chi connectivity index (χ2v) is 8.45. The highest BCUT2D eigenvalue weighted by atomic mass is 15.2. The number of hydrogen-bond acceptors (Lipinski definition) is 5. The third kappa shape index (κ3) is 4.55. The molecule has 0 saturated heterocycles. The molecule has 0 radical (unpaired) electrons. The van der Waals surface area contributed by atoms with Crippen LogP contribution < -0.4 is 5.32 Å². The van der Waals surface area contributed by atoms with Crippen molar-refractivity contribution in [2.45, 2.75) is 20.4 Å². The maximum atomic E-state index is 4.64. The number of fused-ring (bicyclic) bond motifs is 2. The molecule has 0 unspecified atom stereocenters. The van der Waals surface area contributed by atoms with Gasteiger partial charge in [0, 0.05) is 74.0 Å². The SMILES string of the molecule is CC.Cn1cc(-c2cc(CNc3cc(-c4ccc5ccn(C)c5c4)c4nccnc4c3)ccn2)cn1. The first-order valence-electron chi connectivity index (χ1n) is 12.1. The van der Waals surface area contributed by atoms with Crippen LogP contribution in [0.15, 0.2) is 85.7 Å². The second-order valence-electron chi connectivity index (χ2n) is 8.45. The molecule has 6 rings (SSSR count). The van der Waals surface area contributed by atoms with Crippen molar-refractivity contribution in [1.29, 1.82) is 0 Å². The molecular formula is C29H29N7. The number of aryl methyl sites for hydroxylation is 2. The number of benzene rings is 2. The Morgan fingerprint density at radius 1 is 0.833 bits per heavy atom. The van der Waals surface area contributed by atoms with Crippen LogP contribution in [0.3, 0.4) is 0 Å². The highest BCUT2D eigenvalue weighted by Gasteiger charge is 2.11. The van der Waals surface area contributed by atoms with Crippen molar-refractivity contribution in [2.24, 2.45) is 14.1 Å². The van der Waals surface area contributed by atoms with E-state index in [1.165, 1.54) is 10.9 Å². The van der Waals surface area contributed by atoms with Gasteiger partial charge in [-0.2, -0.15) is 5.10 Å². The largest absolute Gasteiger partial charge is 0.381 e. The van der Waals surface area contributed by atoms with Crippen LogP contribution in [0.2, 0.25) is 0 Å². The van der Waals surface area contributed by atoms with Gasteiger partial charge in [0.15, 0.2) is 0 Å². The molecule has 4 heterocycles. The van der Waals surface area contributed by atoms with Gasteiger partial charge in [-0.15, -0.1) is 0 Å². The lowest BCUT2D eigenvalue weighted by Crippen LogP contribution is -2.01. The van der Waals surface area contributed by atoms with E-state index in [-0.39, 0.29) is 0 Å². The quantitative estimate of drug-likeness (QED) is 0.320. The minimum atomic E-state index is 0.665. The molecule has 0 bridgehead atoms. The molecule has 7 heteroatoms. The van der Waals surface area contributed by atoms with Crippen LogP contribution in [-0.4, -0.2) is 29.3 Å². The minimum Gasteiger partial charge on any atom is -0.381 e. The first-order valence-corrected chi connectivity index (χ1v) is 12.1. The molecule has 1 N–H and O–H groups in total. The van der Waals surface area contributed by atoms with Gasteiger partial charge >= 0.3 is 0 Å². The van der Waals surface area contributed by atoms with E-state index < -0.39 is 0 Å². The van der Waals surface area contributed by atoms with E-state index in [0.717, 1.165) is 44.7 Å². The molecule has 0 aliphatic carbocycles. The summed E-state index contributed by atoms with van der Waals surface area (Å²) in [6, 6.07) is 17.0. The molecule has 4 aromatic heterocycles. The molecule has 0 spiro atoms. The summed E-state index contributed by atoms with van der Waals surface area (Å²) >= 11 is 0. The molecule has 7 nitrogen and oxygen atoms in total. The van der Waals surface area contributed by atoms with E-state index in [1.807, 2.05) is 45.6 Å². The summed E-state index contributed by atoms with van der Waals surface area (Å²) in [7, 11) is 3.97. The Balaban J connectivity index is 0.00000130. The first-order chi connectivity index (χ1) is 17.6. The molecule has 6 aromatic rings. The smallest absolute Gasteiger partial charge is 0.0966 e. The molecule has 0 aliphatic heterocycles. The summed E-state index contributed by atoms with van der Waals surface area (Å²) in [6.07, 6.45) is 11.2. The Morgan fingerprint density at radius 3 is 2.53 bits per heavy atom. The number of aromatic nitrogens is 6. The summed E-state index contributed by atoms with van der Waals surface area (Å²) in [5.74, 6) is 0. The molecular weight excluding hydrogens is 446 g/mol. The fourth-order valence-corrected chi connectivity index (χ4v) is 4.33. The molecule has 2 aromatic carbocycles. The molecule has 180 valence electrons.